The Balaban J connectivity index is 3.02. The standard InChI is InChI=1S/C8H7F3N2O2/c9-8(10,11)15-6-4-2-1-3-5(6)7(14)13-12/h1-4H,12H2,(H,13,14). The molecule has 0 saturated carbocycles. The van der Waals surface area contributed by atoms with E-state index in [4.69, 9.17) is 5.84 Å². The maximum Gasteiger partial charge on any atom is 0.573 e. The van der Waals surface area contributed by atoms with Crippen LogP contribution >= 0.6 is 0 Å². The van der Waals surface area contributed by atoms with Gasteiger partial charge in [0.05, 0.1) is 5.56 Å². The van der Waals surface area contributed by atoms with Gasteiger partial charge in [-0.2, -0.15) is 0 Å². The van der Waals surface area contributed by atoms with E-state index in [9.17, 15) is 18.0 Å². The molecule has 7 heteroatoms. The lowest BCUT2D eigenvalue weighted by atomic mass is 10.2. The molecule has 0 aliphatic carbocycles. The Labute approximate surface area is 82.8 Å². The van der Waals surface area contributed by atoms with Crippen LogP contribution in [0.15, 0.2) is 24.3 Å². The van der Waals surface area contributed by atoms with Crippen LogP contribution in [0.1, 0.15) is 10.4 Å². The summed E-state index contributed by atoms with van der Waals surface area (Å²) < 4.78 is 39.3. The van der Waals surface area contributed by atoms with Crippen LogP contribution in [0.3, 0.4) is 0 Å². The van der Waals surface area contributed by atoms with Crippen molar-refractivity contribution in [3.63, 3.8) is 0 Å². The van der Waals surface area contributed by atoms with Crippen molar-refractivity contribution in [3.05, 3.63) is 29.8 Å². The molecule has 1 amide bonds. The molecule has 0 aromatic heterocycles. The minimum Gasteiger partial charge on any atom is -0.405 e. The van der Waals surface area contributed by atoms with Gasteiger partial charge in [0.25, 0.3) is 5.91 Å². The number of hydrazine groups is 1. The summed E-state index contributed by atoms with van der Waals surface area (Å²) >= 11 is 0. The van der Waals surface area contributed by atoms with Gasteiger partial charge in [-0.15, -0.1) is 13.2 Å². The molecule has 82 valence electrons. The summed E-state index contributed by atoms with van der Waals surface area (Å²) in [5.41, 5.74) is 1.44. The predicted octanol–water partition coefficient (Wildman–Crippen LogP) is 1.19. The number of halogens is 3. The van der Waals surface area contributed by atoms with Crippen molar-refractivity contribution >= 4 is 5.91 Å². The fraction of sp³-hybridized carbons (Fsp3) is 0.125. The number of rotatable bonds is 2. The minimum absolute atomic E-state index is 0.280. The van der Waals surface area contributed by atoms with Gasteiger partial charge >= 0.3 is 6.36 Å². The van der Waals surface area contributed by atoms with Crippen LogP contribution in [-0.4, -0.2) is 12.3 Å². The van der Waals surface area contributed by atoms with Gasteiger partial charge in [-0.1, -0.05) is 12.1 Å². The monoisotopic (exact) mass is 220 g/mol. The molecule has 1 rings (SSSR count). The molecule has 1 aromatic carbocycles. The van der Waals surface area contributed by atoms with Gasteiger partial charge in [0.15, 0.2) is 0 Å². The van der Waals surface area contributed by atoms with Gasteiger partial charge in [0.2, 0.25) is 0 Å². The second-order valence-corrected chi connectivity index (χ2v) is 2.52. The third-order valence-electron chi connectivity index (χ3n) is 1.49. The number of hydrogen-bond donors (Lipinski definition) is 2. The van der Waals surface area contributed by atoms with Crippen molar-refractivity contribution in [1.82, 2.24) is 5.43 Å². The van der Waals surface area contributed by atoms with E-state index in [-0.39, 0.29) is 5.56 Å². The lowest BCUT2D eigenvalue weighted by Gasteiger charge is -2.11. The molecule has 0 bridgehead atoms. The van der Waals surface area contributed by atoms with Crippen LogP contribution in [-0.2, 0) is 0 Å². The minimum atomic E-state index is -4.84. The first-order chi connectivity index (χ1) is 6.94. The number of nitrogens with two attached hydrogens (primary N) is 1. The molecule has 1 aromatic rings. The lowest BCUT2D eigenvalue weighted by Crippen LogP contribution is -2.31. The molecular weight excluding hydrogens is 213 g/mol. The Morgan fingerprint density at radius 3 is 2.47 bits per heavy atom. The van der Waals surface area contributed by atoms with Crippen LogP contribution in [0.25, 0.3) is 0 Å². The molecule has 0 unspecified atom stereocenters. The van der Waals surface area contributed by atoms with Gasteiger partial charge in [0, 0.05) is 0 Å². The topological polar surface area (TPSA) is 64.3 Å². The van der Waals surface area contributed by atoms with Crippen molar-refractivity contribution in [2.45, 2.75) is 6.36 Å². The third-order valence-corrected chi connectivity index (χ3v) is 1.49. The maximum atomic E-state index is 11.9. The highest BCUT2D eigenvalue weighted by molar-refractivity contribution is 5.96. The Kier molecular flexibility index (Phi) is 3.15. The van der Waals surface area contributed by atoms with Crippen LogP contribution in [0.4, 0.5) is 13.2 Å². The first kappa shape index (κ1) is 11.3. The largest absolute Gasteiger partial charge is 0.573 e. The summed E-state index contributed by atoms with van der Waals surface area (Å²) in [6.07, 6.45) is -4.84. The van der Waals surface area contributed by atoms with Crippen LogP contribution in [0, 0.1) is 0 Å². The normalized spacial score (nSPS) is 10.9. The second-order valence-electron chi connectivity index (χ2n) is 2.52. The fourth-order valence-corrected chi connectivity index (χ4v) is 0.946. The highest BCUT2D eigenvalue weighted by atomic mass is 19.4. The smallest absolute Gasteiger partial charge is 0.405 e. The highest BCUT2D eigenvalue weighted by Gasteiger charge is 2.32. The number of hydrogen-bond acceptors (Lipinski definition) is 3. The van der Waals surface area contributed by atoms with Crippen molar-refractivity contribution in [3.8, 4) is 5.75 Å². The number of amides is 1. The zero-order valence-electron chi connectivity index (χ0n) is 7.34. The van der Waals surface area contributed by atoms with Crippen molar-refractivity contribution in [2.75, 3.05) is 0 Å². The Morgan fingerprint density at radius 1 is 1.33 bits per heavy atom. The Morgan fingerprint density at radius 2 is 1.93 bits per heavy atom. The first-order valence-electron chi connectivity index (χ1n) is 3.80. The van der Waals surface area contributed by atoms with Crippen LogP contribution in [0.2, 0.25) is 0 Å². The zero-order valence-corrected chi connectivity index (χ0v) is 7.34. The van der Waals surface area contributed by atoms with Gasteiger partial charge in [0.1, 0.15) is 5.75 Å². The molecular formula is C8H7F3N2O2. The van der Waals surface area contributed by atoms with Gasteiger partial charge in [-0.05, 0) is 12.1 Å². The molecule has 0 spiro atoms. The summed E-state index contributed by atoms with van der Waals surface area (Å²) in [7, 11) is 0. The number of carbonyl (C=O) groups excluding carboxylic acids is 1. The number of nitrogen functional groups attached to an aromatic ring is 1. The van der Waals surface area contributed by atoms with E-state index in [2.05, 4.69) is 4.74 Å². The van der Waals surface area contributed by atoms with Crippen molar-refractivity contribution in [2.24, 2.45) is 5.84 Å². The molecule has 0 aliphatic heterocycles. The van der Waals surface area contributed by atoms with E-state index in [1.807, 2.05) is 0 Å². The highest BCUT2D eigenvalue weighted by Crippen LogP contribution is 2.25. The maximum absolute atomic E-state index is 11.9. The fourth-order valence-electron chi connectivity index (χ4n) is 0.946. The van der Waals surface area contributed by atoms with E-state index in [1.54, 1.807) is 5.43 Å². The van der Waals surface area contributed by atoms with E-state index in [0.717, 1.165) is 6.07 Å². The number of alkyl halides is 3. The number of nitrogens with one attached hydrogen (secondary N) is 1. The van der Waals surface area contributed by atoms with Gasteiger partial charge < -0.3 is 4.74 Å². The Hall–Kier alpha value is -1.76. The predicted molar refractivity (Wildman–Crippen MR) is 44.8 cm³/mol. The second kappa shape index (κ2) is 4.18. The van der Waals surface area contributed by atoms with Gasteiger partial charge in [-0.25, -0.2) is 5.84 Å². The van der Waals surface area contributed by atoms with E-state index < -0.39 is 18.0 Å². The van der Waals surface area contributed by atoms with E-state index in [1.165, 1.54) is 18.2 Å². The number of benzene rings is 1. The van der Waals surface area contributed by atoms with Gasteiger partial charge in [-0.3, -0.25) is 10.2 Å². The third kappa shape index (κ3) is 3.13. The van der Waals surface area contributed by atoms with Crippen molar-refractivity contribution in [1.29, 1.82) is 0 Å². The molecule has 3 N–H and O–H groups in total. The molecule has 0 fully saturated rings. The first-order valence-corrected chi connectivity index (χ1v) is 3.80. The summed E-state index contributed by atoms with van der Waals surface area (Å²) in [5, 5.41) is 0. The molecule has 0 saturated heterocycles. The quantitative estimate of drug-likeness (QED) is 0.447. The number of ether oxygens (including phenoxy) is 1. The summed E-state index contributed by atoms with van der Waals surface area (Å²) in [5.74, 6) is 3.36. The molecule has 0 radical (unpaired) electrons. The van der Waals surface area contributed by atoms with Crippen LogP contribution < -0.4 is 16.0 Å². The lowest BCUT2D eigenvalue weighted by molar-refractivity contribution is -0.274. The zero-order chi connectivity index (χ0) is 11.5. The summed E-state index contributed by atoms with van der Waals surface area (Å²) in [6.45, 7) is 0. The molecule has 15 heavy (non-hydrogen) atoms. The SMILES string of the molecule is NNC(=O)c1ccccc1OC(F)(F)F. The average Bonchev–Trinajstić information content (AvgIpc) is 2.15. The van der Waals surface area contributed by atoms with E-state index >= 15 is 0 Å². The summed E-state index contributed by atoms with van der Waals surface area (Å²) in [4.78, 5) is 11.0. The molecule has 0 heterocycles. The molecule has 0 atom stereocenters. The number of carbonyl (C=O) groups is 1. The average molecular weight is 220 g/mol. The van der Waals surface area contributed by atoms with E-state index in [0.29, 0.717) is 0 Å². The Bertz CT molecular complexity index is 365. The molecule has 0 aliphatic rings. The molecule has 4 nitrogen and oxygen atoms in total. The summed E-state index contributed by atoms with van der Waals surface area (Å²) in [6, 6.07) is 4.91. The number of para-hydroxylation sites is 1. The van der Waals surface area contributed by atoms with Crippen molar-refractivity contribution < 1.29 is 22.7 Å². The van der Waals surface area contributed by atoms with Crippen LogP contribution in [0.5, 0.6) is 5.75 Å².